The summed E-state index contributed by atoms with van der Waals surface area (Å²) in [5.41, 5.74) is 7.45. The normalized spacial score (nSPS) is 10.9. The number of aromatic nitrogens is 2. The van der Waals surface area contributed by atoms with E-state index >= 15 is 0 Å². The lowest BCUT2D eigenvalue weighted by Gasteiger charge is -2.00. The van der Waals surface area contributed by atoms with Gasteiger partial charge in [-0.15, -0.1) is 0 Å². The van der Waals surface area contributed by atoms with Crippen LogP contribution in [0.2, 0.25) is 0 Å². The van der Waals surface area contributed by atoms with Crippen molar-refractivity contribution in [2.75, 3.05) is 0 Å². The van der Waals surface area contributed by atoms with Gasteiger partial charge in [0.1, 0.15) is 0 Å². The van der Waals surface area contributed by atoms with Gasteiger partial charge in [-0.25, -0.2) is 10.9 Å². The third kappa shape index (κ3) is 5.40. The maximum absolute atomic E-state index is 11.9. The Kier molecular flexibility index (Phi) is 6.30. The molecule has 2 heterocycles. The standard InChI is InChI=1S/C20H16N6O2/c27-19(17-5-9-21-10-6-17)25-23-13-15-1-2-16(4-3-15)14-24-26-20(28)18-7-11-22-12-8-18/h1-14H,(H,25,27)(H,26,28). The highest BCUT2D eigenvalue weighted by atomic mass is 16.2. The predicted octanol–water partition coefficient (Wildman–Crippen LogP) is 2.00. The minimum atomic E-state index is -0.313. The number of nitrogens with zero attached hydrogens (tertiary/aromatic N) is 4. The summed E-state index contributed by atoms with van der Waals surface area (Å²) >= 11 is 0. The second-order valence-corrected chi connectivity index (χ2v) is 5.54. The average molecular weight is 372 g/mol. The number of carbonyl (C=O) groups is 2. The monoisotopic (exact) mass is 372 g/mol. The summed E-state index contributed by atoms with van der Waals surface area (Å²) in [4.78, 5) is 31.4. The van der Waals surface area contributed by atoms with Gasteiger partial charge in [0.05, 0.1) is 12.4 Å². The van der Waals surface area contributed by atoms with Crippen LogP contribution in [0.25, 0.3) is 0 Å². The number of carbonyl (C=O) groups excluding carboxylic acids is 2. The number of hydrazone groups is 2. The van der Waals surface area contributed by atoms with Crippen LogP contribution >= 0.6 is 0 Å². The van der Waals surface area contributed by atoms with Gasteiger partial charge in [-0.05, 0) is 35.4 Å². The molecule has 2 amide bonds. The Hall–Kier alpha value is -4.20. The van der Waals surface area contributed by atoms with E-state index in [1.807, 2.05) is 24.3 Å². The number of amides is 2. The lowest BCUT2D eigenvalue weighted by Crippen LogP contribution is -2.17. The summed E-state index contributed by atoms with van der Waals surface area (Å²) in [6.07, 6.45) is 9.23. The molecule has 0 spiro atoms. The van der Waals surface area contributed by atoms with Gasteiger partial charge in [-0.3, -0.25) is 19.6 Å². The predicted molar refractivity (Wildman–Crippen MR) is 105 cm³/mol. The van der Waals surface area contributed by atoms with E-state index in [0.29, 0.717) is 11.1 Å². The van der Waals surface area contributed by atoms with E-state index in [1.165, 1.54) is 12.4 Å². The summed E-state index contributed by atoms with van der Waals surface area (Å²) in [7, 11) is 0. The Morgan fingerprint density at radius 2 is 1.00 bits per heavy atom. The fourth-order valence-corrected chi connectivity index (χ4v) is 2.13. The lowest BCUT2D eigenvalue weighted by molar-refractivity contribution is 0.0947. The summed E-state index contributed by atoms with van der Waals surface area (Å²) in [6, 6.07) is 13.7. The van der Waals surface area contributed by atoms with Crippen molar-refractivity contribution in [2.24, 2.45) is 10.2 Å². The first-order valence-electron chi connectivity index (χ1n) is 8.29. The summed E-state index contributed by atoms with van der Waals surface area (Å²) in [5, 5.41) is 7.85. The molecule has 0 aliphatic heterocycles. The molecule has 0 saturated carbocycles. The number of hydrogen-bond acceptors (Lipinski definition) is 6. The molecule has 0 saturated heterocycles. The first kappa shape index (κ1) is 18.6. The van der Waals surface area contributed by atoms with Crippen molar-refractivity contribution >= 4 is 24.2 Å². The smallest absolute Gasteiger partial charge is 0.267 e. The topological polar surface area (TPSA) is 109 Å². The van der Waals surface area contributed by atoms with Crippen LogP contribution in [0.1, 0.15) is 31.8 Å². The van der Waals surface area contributed by atoms with Crippen LogP contribution < -0.4 is 10.9 Å². The molecule has 2 aromatic heterocycles. The summed E-state index contributed by atoms with van der Waals surface area (Å²) in [5.74, 6) is -0.625. The van der Waals surface area contributed by atoms with E-state index in [-0.39, 0.29) is 11.8 Å². The Labute approximate surface area is 161 Å². The molecule has 1 aromatic carbocycles. The zero-order valence-electron chi connectivity index (χ0n) is 14.7. The molecular formula is C20H16N6O2. The number of nitrogens with one attached hydrogen (secondary N) is 2. The SMILES string of the molecule is O=C(NN=Cc1ccc(C=NNC(=O)c2ccncc2)cc1)c1ccncc1. The molecule has 138 valence electrons. The number of hydrogen-bond donors (Lipinski definition) is 2. The minimum Gasteiger partial charge on any atom is -0.267 e. The molecule has 3 aromatic rings. The molecule has 8 heteroatoms. The minimum absolute atomic E-state index is 0.313. The molecule has 0 bridgehead atoms. The van der Waals surface area contributed by atoms with Crippen molar-refractivity contribution in [1.82, 2.24) is 20.8 Å². The van der Waals surface area contributed by atoms with Crippen LogP contribution in [-0.4, -0.2) is 34.2 Å². The average Bonchev–Trinajstić information content (AvgIpc) is 2.76. The zero-order chi connectivity index (χ0) is 19.6. The van der Waals surface area contributed by atoms with Gasteiger partial charge >= 0.3 is 0 Å². The second kappa shape index (κ2) is 9.48. The van der Waals surface area contributed by atoms with Gasteiger partial charge in [0.2, 0.25) is 0 Å². The van der Waals surface area contributed by atoms with Crippen LogP contribution in [0.3, 0.4) is 0 Å². The highest BCUT2D eigenvalue weighted by Crippen LogP contribution is 2.01. The van der Waals surface area contributed by atoms with E-state index in [2.05, 4.69) is 31.0 Å². The van der Waals surface area contributed by atoms with Crippen LogP contribution in [0.4, 0.5) is 0 Å². The molecular weight excluding hydrogens is 356 g/mol. The molecule has 28 heavy (non-hydrogen) atoms. The molecule has 0 atom stereocenters. The highest BCUT2D eigenvalue weighted by molar-refractivity contribution is 5.95. The van der Waals surface area contributed by atoms with E-state index in [1.54, 1.807) is 49.1 Å². The molecule has 8 nitrogen and oxygen atoms in total. The van der Waals surface area contributed by atoms with Crippen molar-refractivity contribution in [3.05, 3.63) is 95.6 Å². The molecule has 3 rings (SSSR count). The fraction of sp³-hybridized carbons (Fsp3) is 0. The molecule has 2 N–H and O–H groups in total. The molecule has 0 aliphatic carbocycles. The highest BCUT2D eigenvalue weighted by Gasteiger charge is 2.02. The van der Waals surface area contributed by atoms with Gasteiger partial charge in [0, 0.05) is 35.9 Å². The van der Waals surface area contributed by atoms with E-state index < -0.39 is 0 Å². The molecule has 0 unspecified atom stereocenters. The van der Waals surface area contributed by atoms with Crippen molar-refractivity contribution in [3.63, 3.8) is 0 Å². The van der Waals surface area contributed by atoms with Crippen molar-refractivity contribution < 1.29 is 9.59 Å². The third-order valence-corrected chi connectivity index (χ3v) is 3.58. The Bertz CT molecular complexity index is 904. The van der Waals surface area contributed by atoms with Crippen molar-refractivity contribution in [1.29, 1.82) is 0 Å². The molecule has 0 radical (unpaired) electrons. The van der Waals surface area contributed by atoms with Crippen molar-refractivity contribution in [3.8, 4) is 0 Å². The third-order valence-electron chi connectivity index (χ3n) is 3.58. The van der Waals surface area contributed by atoms with E-state index in [9.17, 15) is 9.59 Å². The van der Waals surface area contributed by atoms with E-state index in [0.717, 1.165) is 11.1 Å². The van der Waals surface area contributed by atoms with Crippen LogP contribution in [-0.2, 0) is 0 Å². The van der Waals surface area contributed by atoms with Gasteiger partial charge < -0.3 is 0 Å². The molecule has 0 fully saturated rings. The molecule has 0 aliphatic rings. The van der Waals surface area contributed by atoms with Gasteiger partial charge in [-0.2, -0.15) is 10.2 Å². The van der Waals surface area contributed by atoms with E-state index in [4.69, 9.17) is 0 Å². The maximum atomic E-state index is 11.9. The maximum Gasteiger partial charge on any atom is 0.271 e. The number of rotatable bonds is 6. The number of benzene rings is 1. The van der Waals surface area contributed by atoms with Crippen LogP contribution in [0, 0.1) is 0 Å². The Morgan fingerprint density at radius 1 is 0.643 bits per heavy atom. The van der Waals surface area contributed by atoms with Crippen LogP contribution in [0.5, 0.6) is 0 Å². The second-order valence-electron chi connectivity index (χ2n) is 5.54. The van der Waals surface area contributed by atoms with Gasteiger partial charge in [0.15, 0.2) is 0 Å². The lowest BCUT2D eigenvalue weighted by atomic mass is 10.2. The number of pyridine rings is 2. The van der Waals surface area contributed by atoms with Crippen LogP contribution in [0.15, 0.2) is 83.5 Å². The van der Waals surface area contributed by atoms with Gasteiger partial charge in [0.25, 0.3) is 11.8 Å². The quantitative estimate of drug-likeness (QED) is 0.509. The fourth-order valence-electron chi connectivity index (χ4n) is 2.13. The Balaban J connectivity index is 1.50. The summed E-state index contributed by atoms with van der Waals surface area (Å²) < 4.78 is 0. The van der Waals surface area contributed by atoms with Gasteiger partial charge in [-0.1, -0.05) is 24.3 Å². The summed E-state index contributed by atoms with van der Waals surface area (Å²) in [6.45, 7) is 0. The largest absolute Gasteiger partial charge is 0.271 e. The first-order valence-corrected chi connectivity index (χ1v) is 8.29. The first-order chi connectivity index (χ1) is 13.7. The zero-order valence-corrected chi connectivity index (χ0v) is 14.7. The van der Waals surface area contributed by atoms with Crippen molar-refractivity contribution in [2.45, 2.75) is 0 Å². The Morgan fingerprint density at radius 3 is 1.36 bits per heavy atom.